The third-order valence-electron chi connectivity index (χ3n) is 6.53. The van der Waals surface area contributed by atoms with E-state index in [0.29, 0.717) is 0 Å². The number of likely N-dealkylation sites (N-methyl/N-ethyl adjacent to an activating group) is 1. The Balaban J connectivity index is 1.47. The molecule has 4 fully saturated rings. The maximum Gasteiger partial charge on any atom is 0.0266 e. The van der Waals surface area contributed by atoms with E-state index in [4.69, 9.17) is 0 Å². The molecule has 1 N–H and O–H groups in total. The maximum atomic E-state index is 3.81. The molecule has 0 radical (unpaired) electrons. The summed E-state index contributed by atoms with van der Waals surface area (Å²) in [6.07, 6.45) is 11.5. The fourth-order valence-corrected chi connectivity index (χ4v) is 5.67. The van der Waals surface area contributed by atoms with Crippen LogP contribution in [0.25, 0.3) is 0 Å². The van der Waals surface area contributed by atoms with Gasteiger partial charge in [-0.1, -0.05) is 13.3 Å². The highest BCUT2D eigenvalue weighted by atomic mass is 15.3. The SMILES string of the molecule is CCN(C1CC2CCC(C1)N2)C1CCN2CCCCC12. The van der Waals surface area contributed by atoms with Crippen molar-refractivity contribution < 1.29 is 0 Å². The zero-order chi connectivity index (χ0) is 13.5. The molecule has 4 aliphatic rings. The molecule has 0 amide bonds. The Hall–Kier alpha value is -0.120. The van der Waals surface area contributed by atoms with Gasteiger partial charge in [0.1, 0.15) is 0 Å². The summed E-state index contributed by atoms with van der Waals surface area (Å²) in [5, 5.41) is 3.81. The van der Waals surface area contributed by atoms with E-state index in [2.05, 4.69) is 22.0 Å². The van der Waals surface area contributed by atoms with Crippen LogP contribution in [0.1, 0.15) is 58.3 Å². The number of hydrogen-bond acceptors (Lipinski definition) is 3. The van der Waals surface area contributed by atoms with E-state index in [1.807, 2.05) is 0 Å². The molecule has 0 aromatic heterocycles. The van der Waals surface area contributed by atoms with Gasteiger partial charge in [-0.15, -0.1) is 0 Å². The van der Waals surface area contributed by atoms with Crippen LogP contribution in [0.15, 0.2) is 0 Å². The molecule has 4 rings (SSSR count). The molecule has 4 heterocycles. The van der Waals surface area contributed by atoms with Crippen LogP contribution >= 0.6 is 0 Å². The smallest absolute Gasteiger partial charge is 0.0266 e. The van der Waals surface area contributed by atoms with E-state index >= 15 is 0 Å². The molecule has 0 saturated carbocycles. The van der Waals surface area contributed by atoms with Gasteiger partial charge < -0.3 is 5.32 Å². The topological polar surface area (TPSA) is 18.5 Å². The highest BCUT2D eigenvalue weighted by Gasteiger charge is 2.43. The Morgan fingerprint density at radius 3 is 2.55 bits per heavy atom. The molecule has 0 aliphatic carbocycles. The monoisotopic (exact) mass is 277 g/mol. The predicted octanol–water partition coefficient (Wildman–Crippen LogP) is 2.22. The third-order valence-corrected chi connectivity index (χ3v) is 6.53. The lowest BCUT2D eigenvalue weighted by Crippen LogP contribution is -2.55. The molecule has 3 heteroatoms. The third kappa shape index (κ3) is 2.32. The van der Waals surface area contributed by atoms with Gasteiger partial charge in [-0.2, -0.15) is 0 Å². The molecule has 20 heavy (non-hydrogen) atoms. The van der Waals surface area contributed by atoms with Crippen LogP contribution < -0.4 is 5.32 Å². The number of hydrogen-bond donors (Lipinski definition) is 1. The molecule has 3 nitrogen and oxygen atoms in total. The van der Waals surface area contributed by atoms with Crippen molar-refractivity contribution in [1.29, 1.82) is 0 Å². The van der Waals surface area contributed by atoms with Gasteiger partial charge in [-0.05, 0) is 58.0 Å². The van der Waals surface area contributed by atoms with E-state index in [-0.39, 0.29) is 0 Å². The Bertz CT molecular complexity index is 333. The van der Waals surface area contributed by atoms with Gasteiger partial charge in [-0.25, -0.2) is 0 Å². The van der Waals surface area contributed by atoms with Crippen LogP contribution in [0.5, 0.6) is 0 Å². The first-order chi connectivity index (χ1) is 9.85. The normalized spacial score (nSPS) is 45.0. The zero-order valence-electron chi connectivity index (χ0n) is 13.1. The second-order valence-corrected chi connectivity index (χ2v) is 7.55. The average molecular weight is 277 g/mol. The van der Waals surface area contributed by atoms with Gasteiger partial charge in [-0.3, -0.25) is 9.80 Å². The van der Waals surface area contributed by atoms with Gasteiger partial charge in [0.2, 0.25) is 0 Å². The molecule has 0 spiro atoms. The van der Waals surface area contributed by atoms with Crippen molar-refractivity contribution in [3.8, 4) is 0 Å². The van der Waals surface area contributed by atoms with Gasteiger partial charge in [0.15, 0.2) is 0 Å². The van der Waals surface area contributed by atoms with Crippen molar-refractivity contribution in [3.05, 3.63) is 0 Å². The van der Waals surface area contributed by atoms with Crippen LogP contribution in [0.4, 0.5) is 0 Å². The first-order valence-electron chi connectivity index (χ1n) is 9.11. The van der Waals surface area contributed by atoms with Crippen LogP contribution in [0, 0.1) is 0 Å². The standard InChI is InChI=1S/C17H31N3/c1-2-20(15-11-13-6-7-14(12-15)18-13)17-8-10-19-9-4-3-5-16(17)19/h13-18H,2-12H2,1H3. The number of piperidine rings is 2. The lowest BCUT2D eigenvalue weighted by molar-refractivity contribution is 0.0630. The fraction of sp³-hybridized carbons (Fsp3) is 1.00. The summed E-state index contributed by atoms with van der Waals surface area (Å²) in [7, 11) is 0. The van der Waals surface area contributed by atoms with Crippen molar-refractivity contribution in [2.45, 2.75) is 88.5 Å². The number of nitrogens with zero attached hydrogens (tertiary/aromatic N) is 2. The first kappa shape index (κ1) is 13.5. The molecule has 0 aromatic rings. The molecule has 4 atom stereocenters. The highest BCUT2D eigenvalue weighted by molar-refractivity contribution is 5.01. The van der Waals surface area contributed by atoms with Crippen LogP contribution in [0.3, 0.4) is 0 Å². The summed E-state index contributed by atoms with van der Waals surface area (Å²) in [6.45, 7) is 6.40. The Labute approximate surface area is 124 Å². The summed E-state index contributed by atoms with van der Waals surface area (Å²) < 4.78 is 0. The summed E-state index contributed by atoms with van der Waals surface area (Å²) >= 11 is 0. The van der Waals surface area contributed by atoms with Crippen molar-refractivity contribution >= 4 is 0 Å². The quantitative estimate of drug-likeness (QED) is 0.853. The largest absolute Gasteiger partial charge is 0.311 e. The van der Waals surface area contributed by atoms with Crippen molar-refractivity contribution in [3.63, 3.8) is 0 Å². The molecular formula is C17H31N3. The fourth-order valence-electron chi connectivity index (χ4n) is 5.67. The van der Waals surface area contributed by atoms with Crippen LogP contribution in [-0.4, -0.2) is 59.6 Å². The van der Waals surface area contributed by atoms with Gasteiger partial charge >= 0.3 is 0 Å². The van der Waals surface area contributed by atoms with Gasteiger partial charge in [0.05, 0.1) is 0 Å². The van der Waals surface area contributed by atoms with Crippen LogP contribution in [0.2, 0.25) is 0 Å². The Morgan fingerprint density at radius 1 is 1.00 bits per heavy atom. The van der Waals surface area contributed by atoms with E-state index in [1.165, 1.54) is 71.0 Å². The van der Waals surface area contributed by atoms with Crippen molar-refractivity contribution in [2.24, 2.45) is 0 Å². The molecular weight excluding hydrogens is 246 g/mol. The molecule has 114 valence electrons. The van der Waals surface area contributed by atoms with E-state index < -0.39 is 0 Å². The molecule has 4 saturated heterocycles. The Kier molecular flexibility index (Phi) is 3.78. The average Bonchev–Trinajstić information content (AvgIpc) is 3.04. The minimum absolute atomic E-state index is 0.830. The van der Waals surface area contributed by atoms with Gasteiger partial charge in [0, 0.05) is 36.8 Å². The van der Waals surface area contributed by atoms with E-state index in [9.17, 15) is 0 Å². The molecule has 2 bridgehead atoms. The second-order valence-electron chi connectivity index (χ2n) is 7.55. The minimum atomic E-state index is 0.830. The van der Waals surface area contributed by atoms with Crippen molar-refractivity contribution in [2.75, 3.05) is 19.6 Å². The first-order valence-corrected chi connectivity index (χ1v) is 9.11. The number of fused-ring (bicyclic) bond motifs is 3. The molecule has 0 aromatic carbocycles. The predicted molar refractivity (Wildman–Crippen MR) is 83.0 cm³/mol. The molecule has 4 aliphatic heterocycles. The van der Waals surface area contributed by atoms with Crippen LogP contribution in [-0.2, 0) is 0 Å². The van der Waals surface area contributed by atoms with E-state index in [0.717, 1.165) is 30.2 Å². The summed E-state index contributed by atoms with van der Waals surface area (Å²) in [5.74, 6) is 0. The highest BCUT2D eigenvalue weighted by Crippen LogP contribution is 2.36. The second kappa shape index (κ2) is 5.58. The van der Waals surface area contributed by atoms with Crippen molar-refractivity contribution in [1.82, 2.24) is 15.1 Å². The van der Waals surface area contributed by atoms with Gasteiger partial charge in [0.25, 0.3) is 0 Å². The minimum Gasteiger partial charge on any atom is -0.311 e. The maximum absolute atomic E-state index is 3.81. The lowest BCUT2D eigenvalue weighted by atomic mass is 9.92. The Morgan fingerprint density at radius 2 is 1.80 bits per heavy atom. The summed E-state index contributed by atoms with van der Waals surface area (Å²) in [4.78, 5) is 5.72. The zero-order valence-corrected chi connectivity index (χ0v) is 13.1. The van der Waals surface area contributed by atoms with E-state index in [1.54, 1.807) is 0 Å². The summed E-state index contributed by atoms with van der Waals surface area (Å²) in [5.41, 5.74) is 0. The lowest BCUT2D eigenvalue weighted by Gasteiger charge is -2.44. The molecule has 4 unspecified atom stereocenters. The number of rotatable bonds is 3. The summed E-state index contributed by atoms with van der Waals surface area (Å²) in [6, 6.07) is 4.28. The number of nitrogens with one attached hydrogen (secondary N) is 1.